The predicted octanol–water partition coefficient (Wildman–Crippen LogP) is 11.8. The number of rotatable bonds is 22. The van der Waals surface area contributed by atoms with Crippen LogP contribution in [0.2, 0.25) is 0 Å². The molecule has 0 radical (unpaired) electrons. The van der Waals surface area contributed by atoms with E-state index in [2.05, 4.69) is 6.92 Å². The predicted molar refractivity (Wildman–Crippen MR) is 181 cm³/mol. The van der Waals surface area contributed by atoms with Crippen molar-refractivity contribution in [1.29, 1.82) is 0 Å². The summed E-state index contributed by atoms with van der Waals surface area (Å²) in [5, 5.41) is 0. The van der Waals surface area contributed by atoms with Gasteiger partial charge in [-0.25, -0.2) is 3.63 Å². The monoisotopic (exact) mass is 610 g/mol. The van der Waals surface area contributed by atoms with Gasteiger partial charge in [-0.1, -0.05) is 168 Å². The van der Waals surface area contributed by atoms with Crippen LogP contribution in [0.1, 0.15) is 115 Å². The number of aryl methyl sites for hydroxylation is 1. The van der Waals surface area contributed by atoms with Gasteiger partial charge in [-0.05, 0) is 49.7 Å². The van der Waals surface area contributed by atoms with E-state index >= 15 is 0 Å². The quantitative estimate of drug-likeness (QED) is 0.106. The van der Waals surface area contributed by atoms with Gasteiger partial charge in [-0.2, -0.15) is 8.42 Å². The molecule has 0 fully saturated rings. The average Bonchev–Trinajstić information content (AvgIpc) is 3.01. The Morgan fingerprint density at radius 2 is 0.857 bits per heavy atom. The molecule has 0 aliphatic carbocycles. The maximum atomic E-state index is 13.7. The smallest absolute Gasteiger partial charge is 0.207 e. The van der Waals surface area contributed by atoms with Crippen molar-refractivity contribution in [2.45, 2.75) is 131 Å². The third-order valence-corrected chi connectivity index (χ3v) is 13.5. The first-order valence-electron chi connectivity index (χ1n) is 16.4. The van der Waals surface area contributed by atoms with E-state index in [-0.39, 0.29) is 4.90 Å². The maximum absolute atomic E-state index is 13.7. The molecule has 3 aromatic rings. The number of hydrogen-bond acceptors (Lipinski definition) is 3. The third kappa shape index (κ3) is 11.5. The van der Waals surface area contributed by atoms with Crippen molar-refractivity contribution in [2.24, 2.45) is 0 Å². The van der Waals surface area contributed by atoms with Crippen LogP contribution in [0.15, 0.2) is 99.6 Å². The molecule has 232 valence electrons. The number of benzene rings is 3. The Hall–Kier alpha value is -2.08. The molecule has 5 heteroatoms. The van der Waals surface area contributed by atoms with Crippen molar-refractivity contribution < 1.29 is 12.0 Å². The lowest BCUT2D eigenvalue weighted by atomic mass is 10.0. The molecule has 0 amide bonds. The van der Waals surface area contributed by atoms with Gasteiger partial charge in [0.25, 0.3) is 0 Å². The summed E-state index contributed by atoms with van der Waals surface area (Å²) in [7, 11) is -6.24. The highest BCUT2D eigenvalue weighted by Crippen LogP contribution is 2.65. The summed E-state index contributed by atoms with van der Waals surface area (Å²) in [4.78, 5) is 2.12. The molecule has 0 spiro atoms. The second-order valence-corrected chi connectivity index (χ2v) is 16.3. The summed E-state index contributed by atoms with van der Waals surface area (Å²) in [6.07, 6.45) is 21.0. The van der Waals surface area contributed by atoms with Gasteiger partial charge in [0.05, 0.1) is 4.90 Å². The Kier molecular flexibility index (Phi) is 15.8. The van der Waals surface area contributed by atoms with Crippen LogP contribution >= 0.6 is 10.3 Å². The highest BCUT2D eigenvalue weighted by Gasteiger charge is 2.35. The molecule has 3 aromatic carbocycles. The van der Waals surface area contributed by atoms with E-state index < -0.39 is 20.4 Å². The molecule has 0 saturated heterocycles. The second kappa shape index (κ2) is 19.2. The van der Waals surface area contributed by atoms with E-state index in [9.17, 15) is 8.42 Å². The molecule has 0 heterocycles. The first-order chi connectivity index (χ1) is 20.5. The normalized spacial score (nSPS) is 12.4. The van der Waals surface area contributed by atoms with Crippen LogP contribution in [-0.4, -0.2) is 14.2 Å². The maximum Gasteiger partial charge on any atom is 0.306 e. The van der Waals surface area contributed by atoms with E-state index in [1.165, 1.54) is 89.9 Å². The van der Waals surface area contributed by atoms with Gasteiger partial charge in [0.2, 0.25) is 0 Å². The van der Waals surface area contributed by atoms with Gasteiger partial charge in [0, 0.05) is 15.5 Å². The molecule has 0 unspecified atom stereocenters. The van der Waals surface area contributed by atoms with Crippen molar-refractivity contribution >= 4 is 20.4 Å². The van der Waals surface area contributed by atoms with Crippen LogP contribution in [-0.2, 0) is 13.7 Å². The molecule has 0 aliphatic rings. The zero-order valence-electron chi connectivity index (χ0n) is 26.1. The minimum atomic E-state index is -3.97. The van der Waals surface area contributed by atoms with E-state index in [4.69, 9.17) is 3.63 Å². The van der Waals surface area contributed by atoms with Gasteiger partial charge in [0.15, 0.2) is 0 Å². The van der Waals surface area contributed by atoms with Crippen molar-refractivity contribution in [3.63, 3.8) is 0 Å². The Bertz CT molecular complexity index is 1170. The summed E-state index contributed by atoms with van der Waals surface area (Å²) in [5.74, 6) is 0.685. The topological polar surface area (TPSA) is 43.4 Å². The largest absolute Gasteiger partial charge is 0.306 e. The standard InChI is InChI=1S/C37H54O3S2/c1-3-4-5-6-7-8-9-10-11-12-13-14-15-16-17-24-33-41(35-25-20-18-21-26-35,36-27-22-19-23-28-36)40-42(38,39)37-31-29-34(2)30-32-37/h18-23,25-32H,3-17,24,33H2,1-2H3. The molecule has 0 bridgehead atoms. The van der Waals surface area contributed by atoms with E-state index in [0.717, 1.165) is 28.2 Å². The fraction of sp³-hybridized carbons (Fsp3) is 0.514. The van der Waals surface area contributed by atoms with Crippen molar-refractivity contribution in [3.05, 3.63) is 90.5 Å². The molecule has 0 aliphatic heterocycles. The van der Waals surface area contributed by atoms with Crippen molar-refractivity contribution in [3.8, 4) is 0 Å². The molecule has 3 nitrogen and oxygen atoms in total. The number of hydrogen-bond donors (Lipinski definition) is 0. The minimum Gasteiger partial charge on any atom is -0.207 e. The van der Waals surface area contributed by atoms with Gasteiger partial charge in [0.1, 0.15) is 0 Å². The number of unbranched alkanes of at least 4 members (excludes halogenated alkanes) is 15. The lowest BCUT2D eigenvalue weighted by molar-refractivity contribution is 0.506. The van der Waals surface area contributed by atoms with Crippen LogP contribution in [0.4, 0.5) is 0 Å². The summed E-state index contributed by atoms with van der Waals surface area (Å²) in [5.41, 5.74) is 1.02. The van der Waals surface area contributed by atoms with E-state index in [0.29, 0.717) is 5.75 Å². The Morgan fingerprint density at radius 3 is 1.26 bits per heavy atom. The first kappa shape index (κ1) is 34.4. The average molecular weight is 611 g/mol. The van der Waals surface area contributed by atoms with Gasteiger partial charge < -0.3 is 0 Å². The van der Waals surface area contributed by atoms with Crippen LogP contribution in [0.25, 0.3) is 0 Å². The minimum absolute atomic E-state index is 0.212. The van der Waals surface area contributed by atoms with Crippen LogP contribution in [0.3, 0.4) is 0 Å². The molecule has 42 heavy (non-hydrogen) atoms. The fourth-order valence-corrected chi connectivity index (χ4v) is 11.0. The summed E-state index contributed by atoms with van der Waals surface area (Å²) in [6.45, 7) is 4.24. The molecule has 3 rings (SSSR count). The molecular formula is C37H54O3S2. The first-order valence-corrected chi connectivity index (χ1v) is 19.6. The van der Waals surface area contributed by atoms with E-state index in [1.54, 1.807) is 12.1 Å². The van der Waals surface area contributed by atoms with Crippen LogP contribution in [0.5, 0.6) is 0 Å². The summed E-state index contributed by atoms with van der Waals surface area (Å²) >= 11 is 0. The SMILES string of the molecule is CCCCCCCCCCCCCCCCCCS(OS(=O)(=O)c1ccc(C)cc1)(c1ccccc1)c1ccccc1. The molecule has 0 atom stereocenters. The van der Waals surface area contributed by atoms with Crippen molar-refractivity contribution in [2.75, 3.05) is 5.75 Å². The van der Waals surface area contributed by atoms with Crippen LogP contribution < -0.4 is 0 Å². The molecule has 0 N–H and O–H groups in total. The molecular weight excluding hydrogens is 557 g/mol. The zero-order valence-corrected chi connectivity index (χ0v) is 27.8. The van der Waals surface area contributed by atoms with Gasteiger partial charge >= 0.3 is 10.1 Å². The lowest BCUT2D eigenvalue weighted by Gasteiger charge is -2.39. The summed E-state index contributed by atoms with van der Waals surface area (Å²) < 4.78 is 33.8. The Morgan fingerprint density at radius 1 is 0.476 bits per heavy atom. The van der Waals surface area contributed by atoms with Gasteiger partial charge in [-0.3, -0.25) is 0 Å². The van der Waals surface area contributed by atoms with Crippen LogP contribution in [0, 0.1) is 6.92 Å². The molecule has 0 saturated carbocycles. The second-order valence-electron chi connectivity index (χ2n) is 11.6. The Labute approximate surface area is 259 Å². The lowest BCUT2D eigenvalue weighted by Crippen LogP contribution is -2.17. The highest BCUT2D eigenvalue weighted by molar-refractivity contribution is 8.33. The third-order valence-electron chi connectivity index (χ3n) is 8.05. The fourth-order valence-electron chi connectivity index (χ4n) is 5.52. The van der Waals surface area contributed by atoms with Crippen molar-refractivity contribution in [1.82, 2.24) is 0 Å². The zero-order chi connectivity index (χ0) is 29.9. The van der Waals surface area contributed by atoms with E-state index in [1.807, 2.05) is 79.7 Å². The Balaban J connectivity index is 1.52. The molecule has 0 aromatic heterocycles. The summed E-state index contributed by atoms with van der Waals surface area (Å²) in [6, 6.07) is 26.9. The van der Waals surface area contributed by atoms with Gasteiger partial charge in [-0.15, -0.1) is 0 Å². The highest BCUT2D eigenvalue weighted by atomic mass is 32.3.